The van der Waals surface area contributed by atoms with Gasteiger partial charge in [-0.1, -0.05) is 63.9 Å². The zero-order chi connectivity index (χ0) is 32.4. The number of hydrogen-bond donors (Lipinski definition) is 0. The van der Waals surface area contributed by atoms with Gasteiger partial charge in [-0.05, 0) is 65.2 Å². The SMILES string of the molecule is [2H]C([2H])([2H])c1c[n+](C)c(-c2c(C)ccc3c2oc2cc4c(cc23)C(C([2H])([2H])[2H])(C([2H])([2H])[2H])c2ccccc2-4)cc1C([2H])(C)C. The molecule has 2 aromatic heterocycles. The smallest absolute Gasteiger partial charge is 0.216 e. The molecule has 170 valence electrons. The van der Waals surface area contributed by atoms with Crippen LogP contribution in [0.3, 0.4) is 0 Å². The number of aromatic nitrogens is 1. The minimum absolute atomic E-state index is 0.0962. The van der Waals surface area contributed by atoms with E-state index in [1.807, 2.05) is 19.1 Å². The molecule has 0 spiro atoms. The van der Waals surface area contributed by atoms with Crippen molar-refractivity contribution in [1.82, 2.24) is 0 Å². The molecular weight excluding hydrogens is 414 g/mol. The van der Waals surface area contributed by atoms with Gasteiger partial charge in [0.25, 0.3) is 0 Å². The summed E-state index contributed by atoms with van der Waals surface area (Å²) in [6, 6.07) is 15.6. The lowest BCUT2D eigenvalue weighted by atomic mass is 9.82. The van der Waals surface area contributed by atoms with Gasteiger partial charge in [-0.25, -0.2) is 4.57 Å². The van der Waals surface area contributed by atoms with Crippen LogP contribution in [0.25, 0.3) is 44.3 Å². The highest BCUT2D eigenvalue weighted by Gasteiger charge is 2.36. The molecule has 0 amide bonds. The zero-order valence-corrected chi connectivity index (χ0v) is 19.6. The van der Waals surface area contributed by atoms with Crippen molar-refractivity contribution in [3.8, 4) is 22.4 Å². The number of nitrogens with zero attached hydrogens (tertiary/aromatic N) is 1. The molecule has 0 bridgehead atoms. The van der Waals surface area contributed by atoms with Gasteiger partial charge in [-0.3, -0.25) is 0 Å². The van der Waals surface area contributed by atoms with Gasteiger partial charge in [0.2, 0.25) is 5.69 Å². The van der Waals surface area contributed by atoms with Gasteiger partial charge in [0, 0.05) is 41.5 Å². The molecule has 0 aliphatic heterocycles. The van der Waals surface area contributed by atoms with E-state index >= 15 is 0 Å². The summed E-state index contributed by atoms with van der Waals surface area (Å²) in [6.45, 7) is -2.97. The second-order valence-electron chi connectivity index (χ2n) is 9.52. The number of furan rings is 1. The molecule has 5 aromatic rings. The number of fused-ring (bicyclic) bond motifs is 6. The minimum Gasteiger partial charge on any atom is -0.455 e. The summed E-state index contributed by atoms with van der Waals surface area (Å²) in [5, 5.41) is 1.24. The molecule has 1 aliphatic rings. The highest BCUT2D eigenvalue weighted by molar-refractivity contribution is 6.11. The summed E-state index contributed by atoms with van der Waals surface area (Å²) in [5.74, 6) is -1.20. The van der Waals surface area contributed by atoms with Crippen molar-refractivity contribution in [3.05, 3.63) is 88.6 Å². The van der Waals surface area contributed by atoms with E-state index in [-0.39, 0.29) is 16.7 Å². The van der Waals surface area contributed by atoms with E-state index in [2.05, 4.69) is 0 Å². The number of hydrogen-bond acceptors (Lipinski definition) is 1. The molecule has 0 saturated heterocycles. The first-order chi connectivity index (χ1) is 20.2. The van der Waals surface area contributed by atoms with Crippen molar-refractivity contribution >= 4 is 21.9 Å². The first-order valence-corrected chi connectivity index (χ1v) is 11.3. The zero-order valence-electron chi connectivity index (χ0n) is 29.6. The fourth-order valence-electron chi connectivity index (χ4n) is 5.34. The Kier molecular flexibility index (Phi) is 2.68. The Bertz CT molecular complexity index is 1970. The maximum absolute atomic E-state index is 8.73. The number of rotatable bonds is 2. The predicted molar refractivity (Wildman–Crippen MR) is 141 cm³/mol. The van der Waals surface area contributed by atoms with Crippen LogP contribution in [0.4, 0.5) is 0 Å². The monoisotopic (exact) mass is 456 g/mol. The average molecular weight is 457 g/mol. The summed E-state index contributed by atoms with van der Waals surface area (Å²) in [6.07, 6.45) is 1.54. The molecule has 0 fully saturated rings. The number of aryl methyl sites for hydroxylation is 3. The summed E-state index contributed by atoms with van der Waals surface area (Å²) in [5.41, 5.74) is 2.89. The summed E-state index contributed by atoms with van der Waals surface area (Å²) in [7, 11) is 1.75. The second-order valence-corrected chi connectivity index (χ2v) is 9.52. The average Bonchev–Trinajstić information content (AvgIpc) is 3.39. The molecule has 0 N–H and O–H groups in total. The summed E-state index contributed by atoms with van der Waals surface area (Å²) >= 11 is 0. The number of benzene rings is 3. The van der Waals surface area contributed by atoms with Crippen LogP contribution in [-0.4, -0.2) is 0 Å². The van der Waals surface area contributed by atoms with E-state index in [4.69, 9.17) is 18.1 Å². The van der Waals surface area contributed by atoms with E-state index in [0.717, 1.165) is 5.56 Å². The third kappa shape index (κ3) is 2.78. The first kappa shape index (κ1) is 12.9. The molecule has 2 heteroatoms. The lowest BCUT2D eigenvalue weighted by molar-refractivity contribution is -0.660. The van der Waals surface area contributed by atoms with Crippen molar-refractivity contribution < 1.29 is 22.7 Å². The molecular formula is C32H32NO+. The molecule has 0 unspecified atom stereocenters. The third-order valence-corrected chi connectivity index (χ3v) is 7.08. The van der Waals surface area contributed by atoms with Gasteiger partial charge in [0.05, 0.1) is 5.56 Å². The second kappa shape index (κ2) is 7.06. The fourth-order valence-corrected chi connectivity index (χ4v) is 5.34. The Hall–Kier alpha value is -3.39. The van der Waals surface area contributed by atoms with Crippen LogP contribution in [0.5, 0.6) is 0 Å². The highest BCUT2D eigenvalue weighted by Crippen LogP contribution is 2.51. The van der Waals surface area contributed by atoms with Crippen LogP contribution in [0.15, 0.2) is 65.2 Å². The van der Waals surface area contributed by atoms with Gasteiger partial charge in [-0.15, -0.1) is 0 Å². The Morgan fingerprint density at radius 3 is 2.53 bits per heavy atom. The van der Waals surface area contributed by atoms with E-state index < -0.39 is 31.9 Å². The molecule has 1 aliphatic carbocycles. The van der Waals surface area contributed by atoms with Gasteiger partial charge >= 0.3 is 0 Å². The minimum atomic E-state index is -2.88. The topological polar surface area (TPSA) is 17.0 Å². The quantitative estimate of drug-likeness (QED) is 0.245. The molecule has 2 nitrogen and oxygen atoms in total. The fraction of sp³-hybridized carbons (Fsp3) is 0.281. The molecule has 0 radical (unpaired) electrons. The van der Waals surface area contributed by atoms with E-state index in [1.165, 1.54) is 0 Å². The third-order valence-electron chi connectivity index (χ3n) is 7.08. The van der Waals surface area contributed by atoms with Crippen molar-refractivity contribution in [3.63, 3.8) is 0 Å². The maximum Gasteiger partial charge on any atom is 0.216 e. The lowest BCUT2D eigenvalue weighted by Crippen LogP contribution is -2.32. The van der Waals surface area contributed by atoms with Gasteiger partial charge in [0.1, 0.15) is 18.2 Å². The van der Waals surface area contributed by atoms with Crippen molar-refractivity contribution in [2.45, 2.75) is 52.6 Å². The number of pyridine rings is 1. The lowest BCUT2D eigenvalue weighted by Gasteiger charge is -2.21. The van der Waals surface area contributed by atoms with E-state index in [0.29, 0.717) is 49.9 Å². The Labute approximate surface area is 215 Å². The standard InChI is InChI=1S/C32H32NO/c1-18(2)23-15-28(33(7)17-20(23)4)30-19(3)12-13-22-25-14-27-24(16-29(25)34-31(22)30)21-10-8-9-11-26(21)32(27,5)6/h8-18H,1-7H3/q+1/i4D3,5D3,6D3,18D. The van der Waals surface area contributed by atoms with Crippen LogP contribution in [-0.2, 0) is 12.5 Å². The Balaban J connectivity index is 1.71. The van der Waals surface area contributed by atoms with Gasteiger partial charge < -0.3 is 4.42 Å². The highest BCUT2D eigenvalue weighted by atomic mass is 16.3. The largest absolute Gasteiger partial charge is 0.455 e. The molecule has 0 saturated carbocycles. The molecule has 34 heavy (non-hydrogen) atoms. The Morgan fingerprint density at radius 2 is 1.76 bits per heavy atom. The molecule has 3 aromatic carbocycles. The predicted octanol–water partition coefficient (Wildman–Crippen LogP) is 8.12. The summed E-state index contributed by atoms with van der Waals surface area (Å²) < 4.78 is 92.5. The van der Waals surface area contributed by atoms with E-state index in [1.54, 1.807) is 74.1 Å². The van der Waals surface area contributed by atoms with Crippen LogP contribution in [0.1, 0.15) is 75.0 Å². The van der Waals surface area contributed by atoms with Crippen LogP contribution in [0.2, 0.25) is 0 Å². The normalized spacial score (nSPS) is 20.0. The van der Waals surface area contributed by atoms with Gasteiger partial charge in [-0.2, -0.15) is 0 Å². The van der Waals surface area contributed by atoms with Crippen LogP contribution < -0.4 is 4.57 Å². The Morgan fingerprint density at radius 1 is 0.941 bits per heavy atom. The molecule has 6 rings (SSSR count). The molecule has 2 heterocycles. The van der Waals surface area contributed by atoms with Crippen molar-refractivity contribution in [1.29, 1.82) is 0 Å². The summed E-state index contributed by atoms with van der Waals surface area (Å²) in [4.78, 5) is 0. The van der Waals surface area contributed by atoms with Gasteiger partial charge in [0.15, 0.2) is 6.20 Å². The first-order valence-electron chi connectivity index (χ1n) is 16.3. The van der Waals surface area contributed by atoms with Crippen molar-refractivity contribution in [2.24, 2.45) is 7.05 Å². The molecule has 0 atom stereocenters. The van der Waals surface area contributed by atoms with Crippen LogP contribution >= 0.6 is 0 Å². The van der Waals surface area contributed by atoms with Crippen molar-refractivity contribution in [2.75, 3.05) is 0 Å². The van der Waals surface area contributed by atoms with Crippen LogP contribution in [0, 0.1) is 13.8 Å². The van der Waals surface area contributed by atoms with E-state index in [9.17, 15) is 0 Å². The maximum atomic E-state index is 8.73.